The lowest BCUT2D eigenvalue weighted by Gasteiger charge is -2.25. The van der Waals surface area contributed by atoms with Gasteiger partial charge >= 0.3 is 5.97 Å². The molecule has 0 amide bonds. The first-order valence-corrected chi connectivity index (χ1v) is 15.4. The number of nitrogens with zero attached hydrogens (tertiary/aromatic N) is 2. The number of methoxy groups -OCH3 is 1. The van der Waals surface area contributed by atoms with Gasteiger partial charge in [-0.15, -0.1) is 6.42 Å². The zero-order chi connectivity index (χ0) is 29.8. The standard InChI is InChI=1S/C30H28BrIN2O6S/c1-7-11-39-27-20(31)12-18(13-21(27)32)14-24-28(35)34-26(19-9-10-22(40-16(3)4)23(15-19)37-6)25(29(36)38-8-2)17(5)33-30(34)41-24/h1,9-10,12-16,26H,8,11H2,2-6H3/b24-14-/t26-/m0/s1. The van der Waals surface area contributed by atoms with Crippen molar-refractivity contribution in [2.45, 2.75) is 39.8 Å². The second-order valence-corrected chi connectivity index (χ2v) is 12.2. The monoisotopic (exact) mass is 750 g/mol. The molecule has 0 radical (unpaired) electrons. The number of carbonyl (C=O) groups excluding carboxylic acids is 1. The van der Waals surface area contributed by atoms with Crippen LogP contribution in [0.2, 0.25) is 0 Å². The molecule has 0 aliphatic carbocycles. The van der Waals surface area contributed by atoms with Gasteiger partial charge in [0.2, 0.25) is 0 Å². The first-order chi connectivity index (χ1) is 19.6. The molecule has 1 atom stereocenters. The van der Waals surface area contributed by atoms with Crippen molar-refractivity contribution in [3.63, 3.8) is 0 Å². The van der Waals surface area contributed by atoms with Crippen LogP contribution >= 0.6 is 49.9 Å². The summed E-state index contributed by atoms with van der Waals surface area (Å²) >= 11 is 6.95. The van der Waals surface area contributed by atoms with E-state index in [-0.39, 0.29) is 30.5 Å². The van der Waals surface area contributed by atoms with Crippen molar-refractivity contribution in [2.24, 2.45) is 4.99 Å². The molecule has 0 saturated carbocycles. The molecule has 11 heteroatoms. The number of fused-ring (bicyclic) bond motifs is 1. The summed E-state index contributed by atoms with van der Waals surface area (Å²) in [7, 11) is 1.55. The van der Waals surface area contributed by atoms with E-state index in [0.717, 1.165) is 9.13 Å². The van der Waals surface area contributed by atoms with Gasteiger partial charge in [0.05, 0.1) is 49.7 Å². The third-order valence-corrected chi connectivity index (χ3v) is 8.37. The molecule has 41 heavy (non-hydrogen) atoms. The maximum absolute atomic E-state index is 14.0. The largest absolute Gasteiger partial charge is 0.493 e. The van der Waals surface area contributed by atoms with Gasteiger partial charge in [-0.1, -0.05) is 23.3 Å². The van der Waals surface area contributed by atoms with Crippen LogP contribution in [0, 0.1) is 15.9 Å². The normalized spacial score (nSPS) is 14.8. The Balaban J connectivity index is 1.91. The van der Waals surface area contributed by atoms with E-state index in [1.807, 2.05) is 32.0 Å². The first-order valence-electron chi connectivity index (χ1n) is 12.7. The lowest BCUT2D eigenvalue weighted by Crippen LogP contribution is -2.40. The maximum Gasteiger partial charge on any atom is 0.338 e. The second-order valence-electron chi connectivity index (χ2n) is 9.19. The molecule has 3 aromatic rings. The summed E-state index contributed by atoms with van der Waals surface area (Å²) in [6.45, 7) is 7.66. The summed E-state index contributed by atoms with van der Waals surface area (Å²) in [5.74, 6) is 3.61. The fraction of sp³-hybridized carbons (Fsp3) is 0.300. The first kappa shape index (κ1) is 30.9. The Morgan fingerprint density at radius 2 is 2.05 bits per heavy atom. The minimum absolute atomic E-state index is 0.0642. The van der Waals surface area contributed by atoms with Gasteiger partial charge in [-0.3, -0.25) is 9.36 Å². The highest BCUT2D eigenvalue weighted by Crippen LogP contribution is 2.37. The van der Waals surface area contributed by atoms with E-state index >= 15 is 0 Å². The number of benzene rings is 2. The van der Waals surface area contributed by atoms with Gasteiger partial charge in [-0.05, 0) is 108 Å². The third-order valence-electron chi connectivity index (χ3n) is 6.00. The van der Waals surface area contributed by atoms with Crippen molar-refractivity contribution in [1.29, 1.82) is 0 Å². The fourth-order valence-corrected chi connectivity index (χ4v) is 7.19. The van der Waals surface area contributed by atoms with Crippen molar-refractivity contribution < 1.29 is 23.7 Å². The SMILES string of the molecule is C#CCOc1c(Br)cc(/C=c2\sc3n(c2=O)[C@@H](c2ccc(OC(C)C)c(OC)c2)C(C(=O)OCC)=C(C)N=3)cc1I. The molecular weight excluding hydrogens is 723 g/mol. The van der Waals surface area contributed by atoms with Crippen LogP contribution in [-0.2, 0) is 9.53 Å². The van der Waals surface area contributed by atoms with Crippen molar-refractivity contribution in [2.75, 3.05) is 20.3 Å². The van der Waals surface area contributed by atoms with Gasteiger partial charge in [-0.2, -0.15) is 0 Å². The molecule has 214 valence electrons. The van der Waals surface area contributed by atoms with Gasteiger partial charge in [-0.25, -0.2) is 9.79 Å². The van der Waals surface area contributed by atoms with Crippen LogP contribution in [0.25, 0.3) is 6.08 Å². The number of esters is 1. The molecule has 0 spiro atoms. The molecule has 0 fully saturated rings. The molecule has 2 heterocycles. The minimum atomic E-state index is -0.777. The van der Waals surface area contributed by atoms with Crippen LogP contribution < -0.4 is 29.1 Å². The van der Waals surface area contributed by atoms with Crippen molar-refractivity contribution in [3.8, 4) is 29.6 Å². The van der Waals surface area contributed by atoms with E-state index < -0.39 is 12.0 Å². The Morgan fingerprint density at radius 3 is 2.68 bits per heavy atom. The number of aromatic nitrogens is 1. The minimum Gasteiger partial charge on any atom is -0.493 e. The van der Waals surface area contributed by atoms with Gasteiger partial charge in [0.15, 0.2) is 16.3 Å². The molecule has 0 bridgehead atoms. The Kier molecular flexibility index (Phi) is 9.99. The zero-order valence-corrected chi connectivity index (χ0v) is 27.7. The maximum atomic E-state index is 14.0. The van der Waals surface area contributed by atoms with E-state index in [1.165, 1.54) is 15.9 Å². The summed E-state index contributed by atoms with van der Waals surface area (Å²) in [5, 5.41) is 0. The highest BCUT2D eigenvalue weighted by Gasteiger charge is 2.34. The number of allylic oxidation sites excluding steroid dienone is 1. The molecule has 4 rings (SSSR count). The molecule has 0 N–H and O–H groups in total. The molecule has 0 unspecified atom stereocenters. The Bertz CT molecular complexity index is 1730. The topological polar surface area (TPSA) is 88.3 Å². The lowest BCUT2D eigenvalue weighted by atomic mass is 9.95. The van der Waals surface area contributed by atoms with Gasteiger partial charge < -0.3 is 18.9 Å². The van der Waals surface area contributed by atoms with Crippen LogP contribution in [0.1, 0.15) is 44.9 Å². The molecule has 8 nitrogen and oxygen atoms in total. The highest BCUT2D eigenvalue weighted by molar-refractivity contribution is 14.1. The van der Waals surface area contributed by atoms with Gasteiger partial charge in [0.25, 0.3) is 5.56 Å². The number of carbonyl (C=O) groups is 1. The molecule has 1 aromatic heterocycles. The van der Waals surface area contributed by atoms with Crippen LogP contribution in [0.15, 0.2) is 55.9 Å². The Hall–Kier alpha value is -3.08. The van der Waals surface area contributed by atoms with Gasteiger partial charge in [0.1, 0.15) is 12.4 Å². The number of hydrogen-bond donors (Lipinski definition) is 0. The predicted octanol–water partition coefficient (Wildman–Crippen LogP) is 4.97. The zero-order valence-electron chi connectivity index (χ0n) is 23.1. The van der Waals surface area contributed by atoms with Gasteiger partial charge in [0, 0.05) is 0 Å². The molecule has 0 saturated heterocycles. The number of hydrogen-bond acceptors (Lipinski definition) is 8. The fourth-order valence-electron chi connectivity index (χ4n) is 4.38. The summed E-state index contributed by atoms with van der Waals surface area (Å²) in [5.41, 5.74) is 1.94. The van der Waals surface area contributed by atoms with Crippen molar-refractivity contribution >= 4 is 61.9 Å². The smallest absolute Gasteiger partial charge is 0.338 e. The number of thiazole rings is 1. The van der Waals surface area contributed by atoms with Crippen LogP contribution in [-0.4, -0.2) is 37.0 Å². The van der Waals surface area contributed by atoms with E-state index in [1.54, 1.807) is 39.2 Å². The summed E-state index contributed by atoms with van der Waals surface area (Å²) < 4.78 is 26.1. The lowest BCUT2D eigenvalue weighted by molar-refractivity contribution is -0.139. The van der Waals surface area contributed by atoms with E-state index in [4.69, 9.17) is 25.4 Å². The van der Waals surface area contributed by atoms with E-state index in [9.17, 15) is 9.59 Å². The molecular formula is C30H28BrIN2O6S. The van der Waals surface area contributed by atoms with E-state index in [0.29, 0.717) is 42.3 Å². The number of rotatable bonds is 9. The van der Waals surface area contributed by atoms with E-state index in [2.05, 4.69) is 49.4 Å². The Morgan fingerprint density at radius 1 is 1.29 bits per heavy atom. The summed E-state index contributed by atoms with van der Waals surface area (Å²) in [6.07, 6.45) is 7.06. The molecule has 1 aliphatic heterocycles. The average molecular weight is 751 g/mol. The second kappa shape index (κ2) is 13.3. The third kappa shape index (κ3) is 6.55. The summed E-state index contributed by atoms with van der Waals surface area (Å²) in [6, 6.07) is 8.38. The number of ether oxygens (including phenoxy) is 4. The number of halogens is 2. The number of terminal acetylenes is 1. The quantitative estimate of drug-likeness (QED) is 0.175. The average Bonchev–Trinajstić information content (AvgIpc) is 3.21. The molecule has 1 aliphatic rings. The van der Waals surface area contributed by atoms with Crippen LogP contribution in [0.3, 0.4) is 0 Å². The molecule has 2 aromatic carbocycles. The van der Waals surface area contributed by atoms with Crippen molar-refractivity contribution in [1.82, 2.24) is 4.57 Å². The van der Waals surface area contributed by atoms with Crippen LogP contribution in [0.5, 0.6) is 17.2 Å². The van der Waals surface area contributed by atoms with Crippen molar-refractivity contribution in [3.05, 3.63) is 80.5 Å². The predicted molar refractivity (Wildman–Crippen MR) is 170 cm³/mol. The Labute approximate surface area is 264 Å². The highest BCUT2D eigenvalue weighted by atomic mass is 127. The summed E-state index contributed by atoms with van der Waals surface area (Å²) in [4.78, 5) is 32.3. The van der Waals surface area contributed by atoms with Crippen LogP contribution in [0.4, 0.5) is 0 Å².